The molecule has 3 rings (SSSR count). The first-order valence-electron chi connectivity index (χ1n) is 9.60. The molecule has 2 aromatic rings. The smallest absolute Gasteiger partial charge is 0.191 e. The Morgan fingerprint density at radius 3 is 2.41 bits per heavy atom. The molecule has 0 radical (unpaired) electrons. The number of methoxy groups -OCH3 is 2. The summed E-state index contributed by atoms with van der Waals surface area (Å²) in [5.41, 5.74) is 1.67. The number of benzene rings is 2. The fraction of sp³-hybridized carbons (Fsp3) is 0.409. The minimum absolute atomic E-state index is 0. The molecule has 1 aliphatic rings. The summed E-state index contributed by atoms with van der Waals surface area (Å²) in [6, 6.07) is 12.8. The molecular formula is C22H29FIN3O2. The van der Waals surface area contributed by atoms with Crippen molar-refractivity contribution in [2.75, 3.05) is 27.3 Å². The average Bonchev–Trinajstić information content (AvgIpc) is 3.51. The molecule has 29 heavy (non-hydrogen) atoms. The Bertz CT molecular complexity index is 841. The van der Waals surface area contributed by atoms with Gasteiger partial charge >= 0.3 is 0 Å². The predicted molar refractivity (Wildman–Crippen MR) is 125 cm³/mol. The van der Waals surface area contributed by atoms with Crippen LogP contribution in [-0.2, 0) is 12.0 Å². The highest BCUT2D eigenvalue weighted by Crippen LogP contribution is 2.48. The third-order valence-electron chi connectivity index (χ3n) is 5.10. The first kappa shape index (κ1) is 23.3. The maximum Gasteiger partial charge on any atom is 0.191 e. The third-order valence-corrected chi connectivity index (χ3v) is 5.10. The van der Waals surface area contributed by atoms with Gasteiger partial charge in [0.25, 0.3) is 0 Å². The normalized spacial score (nSPS) is 14.6. The van der Waals surface area contributed by atoms with Crippen molar-refractivity contribution in [1.29, 1.82) is 0 Å². The van der Waals surface area contributed by atoms with Crippen LogP contribution in [0, 0.1) is 5.82 Å². The Kier molecular flexibility index (Phi) is 8.55. The number of nitrogens with one attached hydrogen (secondary N) is 2. The van der Waals surface area contributed by atoms with Gasteiger partial charge in [0.1, 0.15) is 5.82 Å². The van der Waals surface area contributed by atoms with E-state index in [1.807, 2.05) is 37.3 Å². The lowest BCUT2D eigenvalue weighted by Gasteiger charge is -2.19. The van der Waals surface area contributed by atoms with Crippen molar-refractivity contribution in [3.63, 3.8) is 0 Å². The van der Waals surface area contributed by atoms with Crippen LogP contribution in [-0.4, -0.2) is 33.3 Å². The molecule has 0 aliphatic heterocycles. The zero-order valence-electron chi connectivity index (χ0n) is 17.1. The van der Waals surface area contributed by atoms with Crippen molar-refractivity contribution in [3.8, 4) is 11.5 Å². The second-order valence-corrected chi connectivity index (χ2v) is 7.00. The number of hydrogen-bond acceptors (Lipinski definition) is 3. The van der Waals surface area contributed by atoms with E-state index in [1.54, 1.807) is 20.3 Å². The Morgan fingerprint density at radius 1 is 1.07 bits per heavy atom. The van der Waals surface area contributed by atoms with Gasteiger partial charge in [0.05, 0.1) is 20.8 Å². The fourth-order valence-electron chi connectivity index (χ4n) is 3.33. The van der Waals surface area contributed by atoms with Crippen molar-refractivity contribution < 1.29 is 13.9 Å². The molecule has 0 aromatic heterocycles. The monoisotopic (exact) mass is 513 g/mol. The Hall–Kier alpha value is -2.03. The first-order chi connectivity index (χ1) is 13.6. The molecule has 0 spiro atoms. The molecule has 0 amide bonds. The van der Waals surface area contributed by atoms with Gasteiger partial charge in [0.2, 0.25) is 0 Å². The van der Waals surface area contributed by atoms with Crippen LogP contribution in [0.5, 0.6) is 11.5 Å². The highest BCUT2D eigenvalue weighted by atomic mass is 127. The molecule has 1 aliphatic carbocycles. The van der Waals surface area contributed by atoms with Crippen molar-refractivity contribution >= 4 is 29.9 Å². The molecule has 1 fully saturated rings. The zero-order chi connectivity index (χ0) is 20.0. The summed E-state index contributed by atoms with van der Waals surface area (Å²) in [5, 5.41) is 6.65. The first-order valence-corrected chi connectivity index (χ1v) is 9.60. The van der Waals surface area contributed by atoms with Crippen molar-refractivity contribution in [2.45, 2.75) is 31.7 Å². The Labute approximate surface area is 189 Å². The number of aliphatic imine (C=N–C) groups is 1. The van der Waals surface area contributed by atoms with Gasteiger partial charge in [0, 0.05) is 18.5 Å². The summed E-state index contributed by atoms with van der Waals surface area (Å²) in [6.45, 7) is 3.94. The minimum atomic E-state index is -0.134. The summed E-state index contributed by atoms with van der Waals surface area (Å²) in [7, 11) is 3.24. The lowest BCUT2D eigenvalue weighted by molar-refractivity contribution is 0.354. The topological polar surface area (TPSA) is 54.9 Å². The number of guanidine groups is 1. The van der Waals surface area contributed by atoms with Crippen LogP contribution < -0.4 is 20.1 Å². The van der Waals surface area contributed by atoms with Crippen molar-refractivity contribution in [1.82, 2.24) is 10.6 Å². The van der Waals surface area contributed by atoms with E-state index in [0.717, 1.165) is 36.5 Å². The van der Waals surface area contributed by atoms with Gasteiger partial charge < -0.3 is 20.1 Å². The van der Waals surface area contributed by atoms with Crippen molar-refractivity contribution in [3.05, 3.63) is 59.4 Å². The van der Waals surface area contributed by atoms with E-state index in [0.29, 0.717) is 24.6 Å². The molecule has 0 heterocycles. The molecule has 0 saturated heterocycles. The maximum atomic E-state index is 14.2. The summed E-state index contributed by atoms with van der Waals surface area (Å²) in [5.74, 6) is 1.97. The fourth-order valence-corrected chi connectivity index (χ4v) is 3.33. The molecule has 0 atom stereocenters. The Morgan fingerprint density at radius 2 is 1.79 bits per heavy atom. The number of hydrogen-bond donors (Lipinski definition) is 2. The van der Waals surface area contributed by atoms with E-state index in [2.05, 4.69) is 15.6 Å². The van der Waals surface area contributed by atoms with Crippen LogP contribution in [0.25, 0.3) is 0 Å². The van der Waals surface area contributed by atoms with Gasteiger partial charge in [-0.15, -0.1) is 24.0 Å². The van der Waals surface area contributed by atoms with E-state index in [-0.39, 0.29) is 35.2 Å². The summed E-state index contributed by atoms with van der Waals surface area (Å²) in [6.07, 6.45) is 1.96. The van der Waals surface area contributed by atoms with E-state index >= 15 is 0 Å². The summed E-state index contributed by atoms with van der Waals surface area (Å²) in [4.78, 5) is 4.67. The zero-order valence-corrected chi connectivity index (χ0v) is 19.5. The van der Waals surface area contributed by atoms with Crippen LogP contribution >= 0.6 is 24.0 Å². The molecule has 2 N–H and O–H groups in total. The predicted octanol–water partition coefficient (Wildman–Crippen LogP) is 4.25. The van der Waals surface area contributed by atoms with Gasteiger partial charge in [-0.1, -0.05) is 24.3 Å². The van der Waals surface area contributed by atoms with Crippen LogP contribution in [0.4, 0.5) is 4.39 Å². The second-order valence-electron chi connectivity index (χ2n) is 7.00. The van der Waals surface area contributed by atoms with Gasteiger partial charge in [-0.2, -0.15) is 0 Å². The van der Waals surface area contributed by atoms with Gasteiger partial charge in [-0.3, -0.25) is 0 Å². The van der Waals surface area contributed by atoms with Crippen LogP contribution in [0.1, 0.15) is 30.9 Å². The molecule has 2 aromatic carbocycles. The number of ether oxygens (including phenoxy) is 2. The molecule has 158 valence electrons. The lowest BCUT2D eigenvalue weighted by Crippen LogP contribution is -2.41. The third kappa shape index (κ3) is 5.74. The average molecular weight is 513 g/mol. The summed E-state index contributed by atoms with van der Waals surface area (Å²) < 4.78 is 24.8. The summed E-state index contributed by atoms with van der Waals surface area (Å²) >= 11 is 0. The van der Waals surface area contributed by atoms with E-state index in [9.17, 15) is 4.39 Å². The number of nitrogens with zero attached hydrogens (tertiary/aromatic N) is 1. The quantitative estimate of drug-likeness (QED) is 0.315. The van der Waals surface area contributed by atoms with Gasteiger partial charge in [0.15, 0.2) is 17.5 Å². The van der Waals surface area contributed by atoms with Crippen LogP contribution in [0.2, 0.25) is 0 Å². The molecule has 0 unspecified atom stereocenters. The number of halogens is 2. The molecule has 7 heteroatoms. The van der Waals surface area contributed by atoms with E-state index < -0.39 is 0 Å². The van der Waals surface area contributed by atoms with Gasteiger partial charge in [-0.25, -0.2) is 9.38 Å². The van der Waals surface area contributed by atoms with E-state index in [1.165, 1.54) is 6.07 Å². The van der Waals surface area contributed by atoms with E-state index in [4.69, 9.17) is 9.47 Å². The standard InChI is InChI=1S/C22H28FN3O2.HI/c1-4-24-21(25-14-16-9-10-19(27-2)20(13-16)28-3)26-15-22(11-12-22)17-7-5-6-8-18(17)23;/h5-10,13H,4,11-12,14-15H2,1-3H3,(H2,24,25,26);1H. The Balaban J connectivity index is 0.00000300. The largest absolute Gasteiger partial charge is 0.493 e. The lowest BCUT2D eigenvalue weighted by atomic mass is 9.95. The highest BCUT2D eigenvalue weighted by Gasteiger charge is 2.45. The highest BCUT2D eigenvalue weighted by molar-refractivity contribution is 14.0. The SMILES string of the molecule is CCNC(=NCc1ccc(OC)c(OC)c1)NCC1(c2ccccc2F)CC1.I. The molecule has 1 saturated carbocycles. The van der Waals surface area contributed by atoms with Crippen molar-refractivity contribution in [2.24, 2.45) is 4.99 Å². The molecule has 5 nitrogen and oxygen atoms in total. The second kappa shape index (κ2) is 10.7. The van der Waals surface area contributed by atoms with Gasteiger partial charge in [-0.05, 0) is 49.1 Å². The molecule has 0 bridgehead atoms. The maximum absolute atomic E-state index is 14.2. The van der Waals surface area contributed by atoms with Crippen LogP contribution in [0.3, 0.4) is 0 Å². The molecular weight excluding hydrogens is 484 g/mol. The number of rotatable bonds is 8. The van der Waals surface area contributed by atoms with Crippen LogP contribution in [0.15, 0.2) is 47.5 Å². The minimum Gasteiger partial charge on any atom is -0.493 e.